The van der Waals surface area contributed by atoms with E-state index in [2.05, 4.69) is 41.8 Å². The fourth-order valence-electron chi connectivity index (χ4n) is 2.58. The van der Waals surface area contributed by atoms with Gasteiger partial charge in [-0.2, -0.15) is 0 Å². The molecule has 0 saturated heterocycles. The van der Waals surface area contributed by atoms with Crippen LogP contribution in [0.4, 0.5) is 4.79 Å². The van der Waals surface area contributed by atoms with E-state index in [-0.39, 0.29) is 11.6 Å². The van der Waals surface area contributed by atoms with Gasteiger partial charge in [0, 0.05) is 19.2 Å². The van der Waals surface area contributed by atoms with Gasteiger partial charge in [-0.1, -0.05) is 24.3 Å². The van der Waals surface area contributed by atoms with E-state index >= 15 is 0 Å². The molecule has 1 aromatic carbocycles. The zero-order valence-electron chi connectivity index (χ0n) is 11.7. The average Bonchev–Trinajstić information content (AvgIpc) is 2.38. The van der Waals surface area contributed by atoms with Crippen molar-refractivity contribution < 1.29 is 9.53 Å². The number of nitrogens with one attached hydrogen (secondary N) is 2. The zero-order valence-corrected chi connectivity index (χ0v) is 11.7. The molecule has 0 fully saturated rings. The van der Waals surface area contributed by atoms with Gasteiger partial charge < -0.3 is 15.4 Å². The van der Waals surface area contributed by atoms with Crippen molar-refractivity contribution in [2.24, 2.45) is 0 Å². The number of hydrogen-bond donors (Lipinski definition) is 2. The topological polar surface area (TPSA) is 50.4 Å². The number of aryl methyl sites for hydroxylation is 1. The molecular formula is C15H22N2O2. The molecular weight excluding hydrogens is 240 g/mol. The molecule has 4 heteroatoms. The van der Waals surface area contributed by atoms with E-state index in [4.69, 9.17) is 4.74 Å². The van der Waals surface area contributed by atoms with Crippen LogP contribution in [0.25, 0.3) is 0 Å². The fourth-order valence-corrected chi connectivity index (χ4v) is 2.58. The lowest BCUT2D eigenvalue weighted by Gasteiger charge is -2.35. The van der Waals surface area contributed by atoms with Gasteiger partial charge in [0.25, 0.3) is 0 Å². The molecule has 1 aromatic rings. The quantitative estimate of drug-likeness (QED) is 0.814. The smallest absolute Gasteiger partial charge is 0.315 e. The van der Waals surface area contributed by atoms with Crippen molar-refractivity contribution in [2.75, 3.05) is 20.3 Å². The molecule has 0 bridgehead atoms. The lowest BCUT2D eigenvalue weighted by atomic mass is 9.79. The lowest BCUT2D eigenvalue weighted by molar-refractivity contribution is 0.191. The molecule has 0 aromatic heterocycles. The highest BCUT2D eigenvalue weighted by molar-refractivity contribution is 5.74. The van der Waals surface area contributed by atoms with Gasteiger partial charge in [-0.05, 0) is 37.3 Å². The molecule has 0 radical (unpaired) electrons. The highest BCUT2D eigenvalue weighted by atomic mass is 16.5. The van der Waals surface area contributed by atoms with Crippen LogP contribution in [0.1, 0.15) is 24.5 Å². The van der Waals surface area contributed by atoms with Gasteiger partial charge in [-0.15, -0.1) is 0 Å². The molecule has 2 rings (SSSR count). The minimum Gasteiger partial charge on any atom is -0.383 e. The monoisotopic (exact) mass is 262 g/mol. The van der Waals surface area contributed by atoms with E-state index in [9.17, 15) is 4.79 Å². The molecule has 2 N–H and O–H groups in total. The van der Waals surface area contributed by atoms with Crippen LogP contribution in [0, 0.1) is 0 Å². The van der Waals surface area contributed by atoms with Crippen LogP contribution in [0.3, 0.4) is 0 Å². The van der Waals surface area contributed by atoms with E-state index in [0.29, 0.717) is 13.2 Å². The third-order valence-corrected chi connectivity index (χ3v) is 3.65. The maximum atomic E-state index is 11.8. The molecule has 0 unspecified atom stereocenters. The Morgan fingerprint density at radius 1 is 1.37 bits per heavy atom. The van der Waals surface area contributed by atoms with Crippen molar-refractivity contribution in [1.82, 2.24) is 10.6 Å². The second-order valence-electron chi connectivity index (χ2n) is 5.38. The number of carbonyl (C=O) groups excluding carboxylic acids is 1. The van der Waals surface area contributed by atoms with Crippen LogP contribution in [-0.4, -0.2) is 31.8 Å². The Kier molecular flexibility index (Phi) is 4.43. The molecule has 1 aliphatic rings. The molecule has 0 spiro atoms. The van der Waals surface area contributed by atoms with Crippen LogP contribution < -0.4 is 10.6 Å². The van der Waals surface area contributed by atoms with Crippen molar-refractivity contribution in [3.8, 4) is 0 Å². The largest absolute Gasteiger partial charge is 0.383 e. The summed E-state index contributed by atoms with van der Waals surface area (Å²) in [6.07, 6.45) is 2.88. The van der Waals surface area contributed by atoms with Crippen LogP contribution in [0.5, 0.6) is 0 Å². The number of amides is 2. The van der Waals surface area contributed by atoms with Crippen molar-refractivity contribution >= 4 is 6.03 Å². The van der Waals surface area contributed by atoms with Gasteiger partial charge in [0.2, 0.25) is 0 Å². The zero-order chi connectivity index (χ0) is 13.7. The van der Waals surface area contributed by atoms with E-state index in [0.717, 1.165) is 19.3 Å². The molecule has 0 aliphatic heterocycles. The summed E-state index contributed by atoms with van der Waals surface area (Å²) in [4.78, 5) is 11.8. The first-order valence-electron chi connectivity index (χ1n) is 6.75. The first-order valence-corrected chi connectivity index (χ1v) is 6.75. The van der Waals surface area contributed by atoms with Crippen LogP contribution in [0.2, 0.25) is 0 Å². The van der Waals surface area contributed by atoms with Gasteiger partial charge in [0.1, 0.15) is 0 Å². The number of hydrogen-bond acceptors (Lipinski definition) is 2. The minimum absolute atomic E-state index is 0.112. The third kappa shape index (κ3) is 3.70. The number of carbonyl (C=O) groups is 1. The fraction of sp³-hybridized carbons (Fsp3) is 0.533. The van der Waals surface area contributed by atoms with E-state index < -0.39 is 0 Å². The SMILES string of the molecule is COCCNC(=O)N[C@]1(C)CCc2ccccc2C1. The molecule has 19 heavy (non-hydrogen) atoms. The standard InChI is InChI=1S/C15H22N2O2/c1-15(17-14(18)16-9-10-19-2)8-7-12-5-3-4-6-13(12)11-15/h3-6H,7-11H2,1-2H3,(H2,16,17,18)/t15-/m1/s1. The minimum atomic E-state index is -0.161. The molecule has 4 nitrogen and oxygen atoms in total. The highest BCUT2D eigenvalue weighted by Crippen LogP contribution is 2.28. The summed E-state index contributed by atoms with van der Waals surface area (Å²) < 4.78 is 4.91. The van der Waals surface area contributed by atoms with Gasteiger partial charge >= 0.3 is 6.03 Å². The van der Waals surface area contributed by atoms with E-state index in [1.165, 1.54) is 11.1 Å². The normalized spacial score (nSPS) is 21.6. The number of urea groups is 1. The molecule has 0 heterocycles. The summed E-state index contributed by atoms with van der Waals surface area (Å²) in [5.74, 6) is 0. The second kappa shape index (κ2) is 6.06. The van der Waals surface area contributed by atoms with Crippen molar-refractivity contribution in [2.45, 2.75) is 31.7 Å². The first kappa shape index (κ1) is 13.9. The third-order valence-electron chi connectivity index (χ3n) is 3.65. The second-order valence-corrected chi connectivity index (χ2v) is 5.38. The Labute approximate surface area is 114 Å². The molecule has 104 valence electrons. The molecule has 2 amide bonds. The number of ether oxygens (including phenoxy) is 1. The van der Waals surface area contributed by atoms with Gasteiger partial charge in [0.15, 0.2) is 0 Å². The number of fused-ring (bicyclic) bond motifs is 1. The van der Waals surface area contributed by atoms with Crippen molar-refractivity contribution in [1.29, 1.82) is 0 Å². The Hall–Kier alpha value is -1.55. The summed E-state index contributed by atoms with van der Waals surface area (Å²) in [6.45, 7) is 3.18. The predicted octanol–water partition coefficient (Wildman–Crippen LogP) is 1.88. The van der Waals surface area contributed by atoms with Crippen LogP contribution >= 0.6 is 0 Å². The van der Waals surface area contributed by atoms with E-state index in [1.807, 2.05) is 0 Å². The number of methoxy groups -OCH3 is 1. The first-order chi connectivity index (χ1) is 9.13. The van der Waals surface area contributed by atoms with Crippen LogP contribution in [-0.2, 0) is 17.6 Å². The van der Waals surface area contributed by atoms with Crippen molar-refractivity contribution in [3.63, 3.8) is 0 Å². The van der Waals surface area contributed by atoms with E-state index in [1.54, 1.807) is 7.11 Å². The Balaban J connectivity index is 1.92. The van der Waals surface area contributed by atoms with Gasteiger partial charge in [0.05, 0.1) is 6.61 Å². The summed E-state index contributed by atoms with van der Waals surface area (Å²) in [5.41, 5.74) is 2.58. The summed E-state index contributed by atoms with van der Waals surface area (Å²) in [5, 5.41) is 5.89. The Bertz CT molecular complexity index is 448. The number of benzene rings is 1. The van der Waals surface area contributed by atoms with Crippen LogP contribution in [0.15, 0.2) is 24.3 Å². The lowest BCUT2D eigenvalue weighted by Crippen LogP contribution is -2.53. The predicted molar refractivity (Wildman–Crippen MR) is 75.3 cm³/mol. The highest BCUT2D eigenvalue weighted by Gasteiger charge is 2.30. The summed E-state index contributed by atoms with van der Waals surface area (Å²) in [7, 11) is 1.62. The number of rotatable bonds is 4. The molecule has 0 saturated carbocycles. The molecule has 1 aliphatic carbocycles. The van der Waals surface area contributed by atoms with Crippen molar-refractivity contribution in [3.05, 3.63) is 35.4 Å². The van der Waals surface area contributed by atoms with Gasteiger partial charge in [-0.25, -0.2) is 4.79 Å². The Morgan fingerprint density at radius 3 is 2.84 bits per heavy atom. The Morgan fingerprint density at radius 2 is 2.11 bits per heavy atom. The maximum Gasteiger partial charge on any atom is 0.315 e. The molecule has 1 atom stereocenters. The van der Waals surface area contributed by atoms with Gasteiger partial charge in [-0.3, -0.25) is 0 Å². The summed E-state index contributed by atoms with van der Waals surface area (Å²) in [6, 6.07) is 8.35. The maximum absolute atomic E-state index is 11.8. The average molecular weight is 262 g/mol. The summed E-state index contributed by atoms with van der Waals surface area (Å²) >= 11 is 0.